The van der Waals surface area contributed by atoms with Gasteiger partial charge in [-0.1, -0.05) is 12.1 Å². The minimum atomic E-state index is -1.25. The fraction of sp³-hybridized carbons (Fsp3) is 0.105. The minimum Gasteiger partial charge on any atom is -0.507 e. The molecule has 0 saturated carbocycles. The number of methoxy groups -OCH3 is 1. The predicted molar refractivity (Wildman–Crippen MR) is 101 cm³/mol. The molecular formula is C19H15NO6S. The van der Waals surface area contributed by atoms with Gasteiger partial charge in [0, 0.05) is 12.6 Å². The summed E-state index contributed by atoms with van der Waals surface area (Å²) < 4.78 is 5.35. The number of ether oxygens (including phenoxy) is 1. The zero-order valence-corrected chi connectivity index (χ0v) is 15.2. The summed E-state index contributed by atoms with van der Waals surface area (Å²) in [6, 6.07) is 9.35. The minimum absolute atomic E-state index is 0.230. The van der Waals surface area contributed by atoms with Crippen molar-refractivity contribution in [3.63, 3.8) is 0 Å². The molecule has 0 radical (unpaired) electrons. The highest BCUT2D eigenvalue weighted by atomic mass is 32.2. The first kappa shape index (κ1) is 18.5. The Hall–Kier alpha value is -3.26. The molecular weight excluding hydrogens is 370 g/mol. The van der Waals surface area contributed by atoms with Gasteiger partial charge >= 0.3 is 5.97 Å². The number of aromatic hydroxyl groups is 1. The number of likely N-dealkylation sites (N-methyl/N-ethyl adjacent to an activating group) is 1. The lowest BCUT2D eigenvalue weighted by Gasteiger charge is -2.11. The van der Waals surface area contributed by atoms with Crippen molar-refractivity contribution < 1.29 is 29.3 Å². The quantitative estimate of drug-likeness (QED) is 0.777. The Bertz CT molecular complexity index is 998. The molecule has 2 amide bonds. The molecule has 1 aliphatic rings. The number of imide groups is 1. The molecule has 1 saturated heterocycles. The molecule has 0 atom stereocenters. The van der Waals surface area contributed by atoms with Crippen LogP contribution in [0.5, 0.6) is 11.5 Å². The highest BCUT2D eigenvalue weighted by molar-refractivity contribution is 8.18. The standard InChI is InChI=1S/C19H15NO6S/c1-20-17(22)16(27-19(20)25)8-10-3-6-15(26-2)12(7-10)11-4-5-14(21)13(9-11)18(23)24/h3-9,21H,1-2H3,(H,23,24)/b16-8-. The fourth-order valence-corrected chi connectivity index (χ4v) is 3.44. The number of benzene rings is 2. The molecule has 7 nitrogen and oxygen atoms in total. The average Bonchev–Trinajstić information content (AvgIpc) is 2.88. The van der Waals surface area contributed by atoms with Gasteiger partial charge in [-0.2, -0.15) is 0 Å². The van der Waals surface area contributed by atoms with Gasteiger partial charge in [-0.25, -0.2) is 4.79 Å². The van der Waals surface area contributed by atoms with E-state index in [4.69, 9.17) is 4.74 Å². The van der Waals surface area contributed by atoms with E-state index in [0.717, 1.165) is 16.7 Å². The molecule has 27 heavy (non-hydrogen) atoms. The number of aromatic carboxylic acids is 1. The summed E-state index contributed by atoms with van der Waals surface area (Å²) in [6.45, 7) is 0. The van der Waals surface area contributed by atoms with Crippen LogP contribution in [0, 0.1) is 0 Å². The van der Waals surface area contributed by atoms with Gasteiger partial charge < -0.3 is 14.9 Å². The number of carboxylic acids is 1. The van der Waals surface area contributed by atoms with Gasteiger partial charge in [0.05, 0.1) is 12.0 Å². The summed E-state index contributed by atoms with van der Waals surface area (Å²) in [5.41, 5.74) is 1.53. The molecule has 138 valence electrons. The highest BCUT2D eigenvalue weighted by Gasteiger charge is 2.31. The fourth-order valence-electron chi connectivity index (χ4n) is 2.61. The zero-order chi connectivity index (χ0) is 19.7. The number of carboxylic acid groups (broad SMARTS) is 1. The molecule has 8 heteroatoms. The van der Waals surface area contributed by atoms with Crippen LogP contribution in [0.3, 0.4) is 0 Å². The smallest absolute Gasteiger partial charge is 0.339 e. The number of hydrogen-bond donors (Lipinski definition) is 2. The molecule has 0 spiro atoms. The van der Waals surface area contributed by atoms with Gasteiger partial charge in [0.2, 0.25) is 0 Å². The summed E-state index contributed by atoms with van der Waals surface area (Å²) >= 11 is 0.853. The largest absolute Gasteiger partial charge is 0.507 e. The Labute approximate surface area is 158 Å². The van der Waals surface area contributed by atoms with E-state index >= 15 is 0 Å². The first-order valence-corrected chi connectivity index (χ1v) is 8.59. The monoisotopic (exact) mass is 385 g/mol. The second kappa shape index (κ2) is 7.16. The SMILES string of the molecule is COc1ccc(/C=C2\SC(=O)N(C)C2=O)cc1-c1ccc(O)c(C(=O)O)c1. The third-order valence-electron chi connectivity index (χ3n) is 4.05. The summed E-state index contributed by atoms with van der Waals surface area (Å²) in [5.74, 6) is -1.46. The summed E-state index contributed by atoms with van der Waals surface area (Å²) in [5, 5.41) is 18.6. The van der Waals surface area contributed by atoms with Crippen LogP contribution in [-0.4, -0.2) is 46.4 Å². The highest BCUT2D eigenvalue weighted by Crippen LogP contribution is 2.36. The van der Waals surface area contributed by atoms with Gasteiger partial charge in [0.1, 0.15) is 17.1 Å². The molecule has 0 unspecified atom stereocenters. The van der Waals surface area contributed by atoms with Crippen LogP contribution in [0.25, 0.3) is 17.2 Å². The van der Waals surface area contributed by atoms with Crippen LogP contribution >= 0.6 is 11.8 Å². The van der Waals surface area contributed by atoms with Crippen molar-refractivity contribution in [3.05, 3.63) is 52.4 Å². The van der Waals surface area contributed by atoms with Crippen LogP contribution in [0.15, 0.2) is 41.3 Å². The maximum Gasteiger partial charge on any atom is 0.339 e. The van der Waals surface area contributed by atoms with E-state index in [9.17, 15) is 24.6 Å². The topological polar surface area (TPSA) is 104 Å². The van der Waals surface area contributed by atoms with Gasteiger partial charge in [-0.05, 0) is 53.2 Å². The summed E-state index contributed by atoms with van der Waals surface area (Å²) in [7, 11) is 2.90. The Morgan fingerprint density at radius 3 is 2.52 bits per heavy atom. The summed E-state index contributed by atoms with van der Waals surface area (Å²) in [6.07, 6.45) is 1.59. The number of carbonyl (C=O) groups is 3. The average molecular weight is 385 g/mol. The maximum absolute atomic E-state index is 12.1. The molecule has 0 aliphatic carbocycles. The molecule has 1 fully saturated rings. The Balaban J connectivity index is 2.08. The van der Waals surface area contributed by atoms with Crippen molar-refractivity contribution in [2.45, 2.75) is 0 Å². The van der Waals surface area contributed by atoms with Crippen molar-refractivity contribution in [1.82, 2.24) is 4.90 Å². The molecule has 1 aliphatic heterocycles. The lowest BCUT2D eigenvalue weighted by molar-refractivity contribution is -0.121. The van der Waals surface area contributed by atoms with E-state index in [-0.39, 0.29) is 22.5 Å². The van der Waals surface area contributed by atoms with Crippen molar-refractivity contribution in [1.29, 1.82) is 0 Å². The zero-order valence-electron chi connectivity index (χ0n) is 14.4. The molecule has 0 bridgehead atoms. The first-order valence-electron chi connectivity index (χ1n) is 7.78. The number of hydrogen-bond acceptors (Lipinski definition) is 6. The van der Waals surface area contributed by atoms with E-state index in [0.29, 0.717) is 27.3 Å². The van der Waals surface area contributed by atoms with Crippen molar-refractivity contribution in [2.75, 3.05) is 14.2 Å². The predicted octanol–water partition coefficient (Wildman–Crippen LogP) is 3.43. The number of amides is 2. The number of thioether (sulfide) groups is 1. The van der Waals surface area contributed by atoms with Crippen LogP contribution in [0.1, 0.15) is 15.9 Å². The van der Waals surface area contributed by atoms with Crippen LogP contribution < -0.4 is 4.74 Å². The number of rotatable bonds is 4. The number of phenols is 1. The van der Waals surface area contributed by atoms with Crippen molar-refractivity contribution in [3.8, 4) is 22.6 Å². The van der Waals surface area contributed by atoms with Crippen LogP contribution in [-0.2, 0) is 4.79 Å². The maximum atomic E-state index is 12.1. The molecule has 2 N–H and O–H groups in total. The molecule has 3 rings (SSSR count). The molecule has 2 aromatic carbocycles. The third-order valence-corrected chi connectivity index (χ3v) is 5.01. The molecule has 0 aromatic heterocycles. The van der Waals surface area contributed by atoms with Crippen molar-refractivity contribution in [2.24, 2.45) is 0 Å². The first-order chi connectivity index (χ1) is 12.8. The third kappa shape index (κ3) is 3.52. The van der Waals surface area contributed by atoms with Gasteiger partial charge in [-0.15, -0.1) is 0 Å². The second-order valence-electron chi connectivity index (χ2n) is 5.74. The van der Waals surface area contributed by atoms with Crippen LogP contribution in [0.4, 0.5) is 4.79 Å². The van der Waals surface area contributed by atoms with E-state index in [2.05, 4.69) is 0 Å². The van der Waals surface area contributed by atoms with E-state index in [1.54, 1.807) is 30.3 Å². The van der Waals surface area contributed by atoms with E-state index < -0.39 is 5.97 Å². The number of carbonyl (C=O) groups excluding carboxylic acids is 2. The Kier molecular flexibility index (Phi) is 4.91. The van der Waals surface area contributed by atoms with E-state index in [1.807, 2.05) is 0 Å². The van der Waals surface area contributed by atoms with Gasteiger partial charge in [0.25, 0.3) is 11.1 Å². The molecule has 2 aromatic rings. The van der Waals surface area contributed by atoms with Gasteiger partial charge in [-0.3, -0.25) is 14.5 Å². The summed E-state index contributed by atoms with van der Waals surface area (Å²) in [4.78, 5) is 36.3. The van der Waals surface area contributed by atoms with E-state index in [1.165, 1.54) is 26.3 Å². The molecule has 1 heterocycles. The lowest BCUT2D eigenvalue weighted by Crippen LogP contribution is -2.22. The second-order valence-corrected chi connectivity index (χ2v) is 6.73. The normalized spacial score (nSPS) is 15.5. The Morgan fingerprint density at radius 1 is 1.19 bits per heavy atom. The Morgan fingerprint density at radius 2 is 1.93 bits per heavy atom. The lowest BCUT2D eigenvalue weighted by atomic mass is 9.99. The number of nitrogens with zero attached hydrogens (tertiary/aromatic N) is 1. The van der Waals surface area contributed by atoms with Gasteiger partial charge in [0.15, 0.2) is 0 Å². The van der Waals surface area contributed by atoms with Crippen LogP contribution in [0.2, 0.25) is 0 Å². The van der Waals surface area contributed by atoms with Crippen molar-refractivity contribution >= 4 is 35.0 Å².